The van der Waals surface area contributed by atoms with Crippen LogP contribution in [0.15, 0.2) is 70.3 Å². The molecule has 1 amide bonds. The lowest BCUT2D eigenvalue weighted by molar-refractivity contribution is -0.119. The highest BCUT2D eigenvalue weighted by atomic mass is 35.5. The normalized spacial score (nSPS) is 10.9. The molecule has 0 aliphatic rings. The van der Waals surface area contributed by atoms with E-state index >= 15 is 0 Å². The molecule has 7 nitrogen and oxygen atoms in total. The predicted molar refractivity (Wildman–Crippen MR) is 112 cm³/mol. The summed E-state index contributed by atoms with van der Waals surface area (Å²) in [7, 11) is -3.83. The molecular weight excluding hydrogens is 436 g/mol. The lowest BCUT2D eigenvalue weighted by Gasteiger charge is -2.11. The maximum absolute atomic E-state index is 12.4. The highest BCUT2D eigenvalue weighted by Crippen LogP contribution is 2.23. The average molecular weight is 451 g/mol. The highest BCUT2D eigenvalue weighted by molar-refractivity contribution is 7.94. The molecule has 0 radical (unpaired) electrons. The topological polar surface area (TPSA) is 102 Å². The van der Waals surface area contributed by atoms with Gasteiger partial charge in [0.25, 0.3) is 15.9 Å². The number of benzene rings is 2. The summed E-state index contributed by atoms with van der Waals surface area (Å²) in [6.07, 6.45) is 0. The molecule has 1 heterocycles. The number of amides is 1. The van der Waals surface area contributed by atoms with Crippen LogP contribution in [-0.4, -0.2) is 26.9 Å². The number of hydrogen-bond donors (Lipinski definition) is 2. The Morgan fingerprint density at radius 1 is 1.03 bits per heavy atom. The molecule has 2 N–H and O–H groups in total. The van der Waals surface area contributed by atoms with Crippen molar-refractivity contribution in [2.24, 2.45) is 0 Å². The number of halogens is 1. The van der Waals surface area contributed by atoms with E-state index in [-0.39, 0.29) is 15.5 Å². The molecule has 0 bridgehead atoms. The predicted octanol–water partition coefficient (Wildman–Crippen LogP) is 4.00. The lowest BCUT2D eigenvalue weighted by Crippen LogP contribution is -2.22. The van der Waals surface area contributed by atoms with Gasteiger partial charge in [-0.3, -0.25) is 9.52 Å². The van der Waals surface area contributed by atoms with Crippen molar-refractivity contribution in [2.75, 3.05) is 16.6 Å². The molecule has 0 aliphatic carbocycles. The number of thiophene rings is 1. The Morgan fingerprint density at radius 2 is 1.83 bits per heavy atom. The molecule has 150 valence electrons. The second-order valence-electron chi connectivity index (χ2n) is 5.72. The van der Waals surface area contributed by atoms with Crippen molar-refractivity contribution in [2.45, 2.75) is 4.21 Å². The average Bonchev–Trinajstić information content (AvgIpc) is 3.22. The molecule has 0 unspecified atom stereocenters. The molecule has 0 fully saturated rings. The molecule has 0 saturated carbocycles. The van der Waals surface area contributed by atoms with Crippen LogP contribution in [0.5, 0.6) is 0 Å². The van der Waals surface area contributed by atoms with Crippen LogP contribution in [-0.2, 0) is 19.6 Å². The van der Waals surface area contributed by atoms with Gasteiger partial charge in [-0.05, 0) is 41.8 Å². The van der Waals surface area contributed by atoms with Gasteiger partial charge in [0.1, 0.15) is 4.21 Å². The van der Waals surface area contributed by atoms with Gasteiger partial charge in [0.05, 0.1) is 11.3 Å². The summed E-state index contributed by atoms with van der Waals surface area (Å²) in [6, 6.07) is 15.6. The minimum atomic E-state index is -3.83. The molecule has 3 rings (SSSR count). The van der Waals surface area contributed by atoms with Crippen LogP contribution in [0.1, 0.15) is 10.4 Å². The Kier molecular flexibility index (Phi) is 6.53. The SMILES string of the molecule is O=C(COC(=O)c1ccccc1NS(=O)(=O)c1cccs1)Nc1cccc(Cl)c1. The number of rotatable bonds is 7. The summed E-state index contributed by atoms with van der Waals surface area (Å²) in [5, 5.41) is 4.63. The van der Waals surface area contributed by atoms with E-state index in [2.05, 4.69) is 10.0 Å². The number of esters is 1. The number of nitrogens with one attached hydrogen (secondary N) is 2. The maximum atomic E-state index is 12.4. The zero-order valence-corrected chi connectivity index (χ0v) is 17.2. The fraction of sp³-hybridized carbons (Fsp3) is 0.0526. The number of hydrogen-bond acceptors (Lipinski definition) is 6. The third kappa shape index (κ3) is 5.57. The summed E-state index contributed by atoms with van der Waals surface area (Å²) < 4.78 is 32.3. The van der Waals surface area contributed by atoms with Crippen LogP contribution in [0.2, 0.25) is 5.02 Å². The second kappa shape index (κ2) is 9.08. The van der Waals surface area contributed by atoms with Crippen LogP contribution < -0.4 is 10.0 Å². The molecule has 0 saturated heterocycles. The van der Waals surface area contributed by atoms with Gasteiger partial charge in [0.15, 0.2) is 6.61 Å². The van der Waals surface area contributed by atoms with E-state index in [9.17, 15) is 18.0 Å². The number of anilines is 2. The van der Waals surface area contributed by atoms with E-state index in [0.29, 0.717) is 10.7 Å². The third-order valence-electron chi connectivity index (χ3n) is 3.59. The van der Waals surface area contributed by atoms with E-state index in [0.717, 1.165) is 11.3 Å². The first kappa shape index (κ1) is 20.8. The third-order valence-corrected chi connectivity index (χ3v) is 6.59. The molecule has 10 heteroatoms. The van der Waals surface area contributed by atoms with E-state index in [1.54, 1.807) is 47.8 Å². The molecule has 0 aliphatic heterocycles. The number of para-hydroxylation sites is 1. The van der Waals surface area contributed by atoms with E-state index < -0.39 is 28.5 Å². The van der Waals surface area contributed by atoms with E-state index in [4.69, 9.17) is 16.3 Å². The summed E-state index contributed by atoms with van der Waals surface area (Å²) in [4.78, 5) is 24.4. The molecular formula is C19H15ClN2O5S2. The quantitative estimate of drug-likeness (QED) is 0.530. The molecule has 1 aromatic heterocycles. The zero-order chi connectivity index (χ0) is 20.9. The Balaban J connectivity index is 1.66. The van der Waals surface area contributed by atoms with Gasteiger partial charge in [-0.1, -0.05) is 35.9 Å². The van der Waals surface area contributed by atoms with Gasteiger partial charge in [-0.15, -0.1) is 11.3 Å². The maximum Gasteiger partial charge on any atom is 0.340 e. The summed E-state index contributed by atoms with van der Waals surface area (Å²) >= 11 is 6.90. The summed E-state index contributed by atoms with van der Waals surface area (Å²) in [6.45, 7) is -0.544. The molecule has 2 aromatic carbocycles. The fourth-order valence-corrected chi connectivity index (χ4v) is 4.60. The standard InChI is InChI=1S/C19H15ClN2O5S2/c20-13-5-3-6-14(11-13)21-17(23)12-27-19(24)15-7-1-2-8-16(15)22-29(25,26)18-9-4-10-28-18/h1-11,22H,12H2,(H,21,23). The van der Waals surface area contributed by atoms with Crippen LogP contribution in [0, 0.1) is 0 Å². The molecule has 0 spiro atoms. The molecule has 29 heavy (non-hydrogen) atoms. The number of carbonyl (C=O) groups excluding carboxylic acids is 2. The lowest BCUT2D eigenvalue weighted by atomic mass is 10.2. The minimum Gasteiger partial charge on any atom is -0.452 e. The van der Waals surface area contributed by atoms with Crippen molar-refractivity contribution in [3.63, 3.8) is 0 Å². The van der Waals surface area contributed by atoms with Crippen molar-refractivity contribution in [3.8, 4) is 0 Å². The van der Waals surface area contributed by atoms with Crippen LogP contribution in [0.25, 0.3) is 0 Å². The second-order valence-corrected chi connectivity index (χ2v) is 9.01. The Morgan fingerprint density at radius 3 is 2.55 bits per heavy atom. The Labute approximate surface area is 176 Å². The van der Waals surface area contributed by atoms with Gasteiger partial charge >= 0.3 is 5.97 Å². The van der Waals surface area contributed by atoms with Crippen molar-refractivity contribution in [1.82, 2.24) is 0 Å². The first-order chi connectivity index (χ1) is 13.8. The largest absolute Gasteiger partial charge is 0.452 e. The number of sulfonamides is 1. The molecule has 3 aromatic rings. The zero-order valence-electron chi connectivity index (χ0n) is 14.8. The van der Waals surface area contributed by atoms with E-state index in [1.807, 2.05) is 0 Å². The van der Waals surface area contributed by atoms with Gasteiger partial charge in [-0.2, -0.15) is 0 Å². The smallest absolute Gasteiger partial charge is 0.340 e. The summed E-state index contributed by atoms with van der Waals surface area (Å²) in [5.41, 5.74) is 0.506. The first-order valence-corrected chi connectivity index (χ1v) is 11.0. The number of carbonyl (C=O) groups is 2. The number of ether oxygens (including phenoxy) is 1. The fourth-order valence-electron chi connectivity index (χ4n) is 2.33. The van der Waals surface area contributed by atoms with Crippen LogP contribution in [0.3, 0.4) is 0 Å². The van der Waals surface area contributed by atoms with Crippen molar-refractivity contribution >= 4 is 56.2 Å². The minimum absolute atomic E-state index is 0.0109. The van der Waals surface area contributed by atoms with Crippen molar-refractivity contribution in [1.29, 1.82) is 0 Å². The Hall–Kier alpha value is -2.88. The van der Waals surface area contributed by atoms with Crippen molar-refractivity contribution < 1.29 is 22.7 Å². The van der Waals surface area contributed by atoms with Gasteiger partial charge in [0.2, 0.25) is 0 Å². The van der Waals surface area contributed by atoms with Gasteiger partial charge < -0.3 is 10.1 Å². The van der Waals surface area contributed by atoms with Crippen LogP contribution in [0.4, 0.5) is 11.4 Å². The summed E-state index contributed by atoms with van der Waals surface area (Å²) in [5.74, 6) is -1.40. The molecule has 0 atom stereocenters. The van der Waals surface area contributed by atoms with Gasteiger partial charge in [-0.25, -0.2) is 13.2 Å². The van der Waals surface area contributed by atoms with Crippen molar-refractivity contribution in [3.05, 3.63) is 76.6 Å². The van der Waals surface area contributed by atoms with Crippen LogP contribution >= 0.6 is 22.9 Å². The van der Waals surface area contributed by atoms with Gasteiger partial charge in [0, 0.05) is 10.7 Å². The van der Waals surface area contributed by atoms with E-state index in [1.165, 1.54) is 18.2 Å². The highest BCUT2D eigenvalue weighted by Gasteiger charge is 2.20. The first-order valence-electron chi connectivity index (χ1n) is 8.23. The monoisotopic (exact) mass is 450 g/mol. The Bertz CT molecular complexity index is 1130.